The largest absolute Gasteiger partial charge is 0.378 e. The van der Waals surface area contributed by atoms with Gasteiger partial charge in [0.1, 0.15) is 0 Å². The number of ether oxygens (including phenoxy) is 1. The van der Waals surface area contributed by atoms with Crippen LogP contribution in [0.4, 0.5) is 0 Å². The summed E-state index contributed by atoms with van der Waals surface area (Å²) in [5, 5.41) is 0. The van der Waals surface area contributed by atoms with Gasteiger partial charge in [0.25, 0.3) is 0 Å². The molecule has 0 spiro atoms. The van der Waals surface area contributed by atoms with Gasteiger partial charge in [0.2, 0.25) is 0 Å². The minimum atomic E-state index is 0.568. The molecule has 1 saturated heterocycles. The summed E-state index contributed by atoms with van der Waals surface area (Å²) in [4.78, 5) is 0. The van der Waals surface area contributed by atoms with Gasteiger partial charge in [-0.3, -0.25) is 0 Å². The molecule has 1 fully saturated rings. The highest BCUT2D eigenvalue weighted by Gasteiger charge is 2.12. The molecule has 1 aliphatic heterocycles. The summed E-state index contributed by atoms with van der Waals surface area (Å²) in [5.74, 6) is 0. The maximum Gasteiger partial charge on any atom is 0.0575 e. The summed E-state index contributed by atoms with van der Waals surface area (Å²) in [7, 11) is 0. The topological polar surface area (TPSA) is 9.23 Å². The van der Waals surface area contributed by atoms with Gasteiger partial charge >= 0.3 is 0 Å². The van der Waals surface area contributed by atoms with E-state index >= 15 is 0 Å². The Bertz CT molecular complexity index is 322. The molecule has 0 saturated carbocycles. The molecule has 2 rings (SSSR count). The molecule has 0 amide bonds. The highest BCUT2D eigenvalue weighted by Crippen LogP contribution is 2.18. The molecule has 0 radical (unpaired) electrons. The third kappa shape index (κ3) is 4.81. The molecule has 0 aliphatic carbocycles. The van der Waals surface area contributed by atoms with Crippen LogP contribution in [0.25, 0.3) is 0 Å². The molecule has 1 unspecified atom stereocenters. The van der Waals surface area contributed by atoms with Crippen LogP contribution in [-0.2, 0) is 11.2 Å². The van der Waals surface area contributed by atoms with Gasteiger partial charge in [0, 0.05) is 6.61 Å². The first-order valence-electron chi connectivity index (χ1n) is 7.52. The first-order valence-corrected chi connectivity index (χ1v) is 7.52. The molecule has 1 heteroatoms. The monoisotopic (exact) mass is 246 g/mol. The van der Waals surface area contributed by atoms with Gasteiger partial charge in [-0.05, 0) is 51.0 Å². The number of unbranched alkanes of at least 4 members (excludes halogenated alkanes) is 2. The minimum Gasteiger partial charge on any atom is -0.378 e. The lowest BCUT2D eigenvalue weighted by Gasteiger charge is -2.22. The van der Waals surface area contributed by atoms with E-state index in [1.54, 1.807) is 0 Å². The van der Waals surface area contributed by atoms with E-state index < -0.39 is 0 Å². The van der Waals surface area contributed by atoms with Crippen molar-refractivity contribution in [3.63, 3.8) is 0 Å². The molecular weight excluding hydrogens is 220 g/mol. The SMILES string of the molecule is Cc1ccc(CCCCCC2CCCCO2)cc1. The van der Waals surface area contributed by atoms with E-state index in [0.717, 1.165) is 6.61 Å². The third-order valence-electron chi connectivity index (χ3n) is 3.89. The molecule has 0 N–H and O–H groups in total. The Balaban J connectivity index is 1.54. The standard InChI is InChI=1S/C17H26O/c1-15-10-12-16(13-11-15)7-3-2-4-8-17-9-5-6-14-18-17/h10-13,17H,2-9,14H2,1H3. The number of hydrogen-bond acceptors (Lipinski definition) is 1. The third-order valence-corrected chi connectivity index (χ3v) is 3.89. The second-order valence-corrected chi connectivity index (χ2v) is 5.57. The van der Waals surface area contributed by atoms with Crippen molar-refractivity contribution in [1.82, 2.24) is 0 Å². The van der Waals surface area contributed by atoms with Crippen molar-refractivity contribution < 1.29 is 4.74 Å². The predicted molar refractivity (Wildman–Crippen MR) is 76.9 cm³/mol. The van der Waals surface area contributed by atoms with Gasteiger partial charge < -0.3 is 4.74 Å². The van der Waals surface area contributed by atoms with Gasteiger partial charge in [-0.1, -0.05) is 42.7 Å². The van der Waals surface area contributed by atoms with E-state index in [1.807, 2.05) is 0 Å². The molecule has 1 heterocycles. The van der Waals surface area contributed by atoms with Gasteiger partial charge in [0.15, 0.2) is 0 Å². The molecule has 0 bridgehead atoms. The summed E-state index contributed by atoms with van der Waals surface area (Å²) in [6.07, 6.45) is 11.0. The number of benzene rings is 1. The Morgan fingerprint density at radius 2 is 1.89 bits per heavy atom. The van der Waals surface area contributed by atoms with Crippen LogP contribution in [-0.4, -0.2) is 12.7 Å². The quantitative estimate of drug-likeness (QED) is 0.663. The van der Waals surface area contributed by atoms with Crippen LogP contribution >= 0.6 is 0 Å². The summed E-state index contributed by atoms with van der Waals surface area (Å²) in [5.41, 5.74) is 2.84. The highest BCUT2D eigenvalue weighted by molar-refractivity contribution is 5.21. The Hall–Kier alpha value is -0.820. The number of hydrogen-bond donors (Lipinski definition) is 0. The maximum absolute atomic E-state index is 5.76. The van der Waals surface area contributed by atoms with Gasteiger partial charge in [-0.25, -0.2) is 0 Å². The van der Waals surface area contributed by atoms with Crippen LogP contribution in [0.1, 0.15) is 56.1 Å². The zero-order valence-electron chi connectivity index (χ0n) is 11.7. The van der Waals surface area contributed by atoms with Crippen LogP contribution in [0.15, 0.2) is 24.3 Å². The molecule has 1 aliphatic rings. The van der Waals surface area contributed by atoms with Gasteiger partial charge in [-0.15, -0.1) is 0 Å². The van der Waals surface area contributed by atoms with Crippen LogP contribution in [0.5, 0.6) is 0 Å². The Morgan fingerprint density at radius 1 is 1.06 bits per heavy atom. The molecule has 0 aromatic heterocycles. The lowest BCUT2D eigenvalue weighted by molar-refractivity contribution is 0.00980. The van der Waals surface area contributed by atoms with Crippen molar-refractivity contribution in [2.45, 2.75) is 64.4 Å². The van der Waals surface area contributed by atoms with Gasteiger partial charge in [-0.2, -0.15) is 0 Å². The lowest BCUT2D eigenvalue weighted by atomic mass is 10.0. The lowest BCUT2D eigenvalue weighted by Crippen LogP contribution is -2.18. The van der Waals surface area contributed by atoms with Crippen molar-refractivity contribution in [2.24, 2.45) is 0 Å². The van der Waals surface area contributed by atoms with E-state index in [0.29, 0.717) is 6.10 Å². The average Bonchev–Trinajstić information content (AvgIpc) is 2.42. The second-order valence-electron chi connectivity index (χ2n) is 5.57. The Morgan fingerprint density at radius 3 is 2.61 bits per heavy atom. The summed E-state index contributed by atoms with van der Waals surface area (Å²) >= 11 is 0. The summed E-state index contributed by atoms with van der Waals surface area (Å²) < 4.78 is 5.76. The predicted octanol–water partition coefficient (Wildman–Crippen LogP) is 4.67. The molecule has 1 atom stereocenters. The zero-order valence-corrected chi connectivity index (χ0v) is 11.7. The van der Waals surface area contributed by atoms with E-state index in [1.165, 1.54) is 62.5 Å². The highest BCUT2D eigenvalue weighted by atomic mass is 16.5. The van der Waals surface area contributed by atoms with Crippen molar-refractivity contribution in [3.8, 4) is 0 Å². The van der Waals surface area contributed by atoms with Crippen LogP contribution in [0.2, 0.25) is 0 Å². The number of rotatable bonds is 6. The average molecular weight is 246 g/mol. The molecular formula is C17H26O. The van der Waals surface area contributed by atoms with Crippen molar-refractivity contribution in [3.05, 3.63) is 35.4 Å². The smallest absolute Gasteiger partial charge is 0.0575 e. The van der Waals surface area contributed by atoms with Gasteiger partial charge in [0.05, 0.1) is 6.10 Å². The van der Waals surface area contributed by atoms with E-state index in [2.05, 4.69) is 31.2 Å². The molecule has 1 aromatic carbocycles. The molecule has 1 nitrogen and oxygen atoms in total. The first-order chi connectivity index (χ1) is 8.84. The summed E-state index contributed by atoms with van der Waals surface area (Å²) in [6, 6.07) is 8.95. The van der Waals surface area contributed by atoms with Crippen LogP contribution in [0.3, 0.4) is 0 Å². The fourth-order valence-electron chi connectivity index (χ4n) is 2.67. The molecule has 100 valence electrons. The second kappa shape index (κ2) is 7.58. The zero-order chi connectivity index (χ0) is 12.6. The van der Waals surface area contributed by atoms with E-state index in [4.69, 9.17) is 4.74 Å². The number of aryl methyl sites for hydroxylation is 2. The molecule has 18 heavy (non-hydrogen) atoms. The van der Waals surface area contributed by atoms with E-state index in [9.17, 15) is 0 Å². The van der Waals surface area contributed by atoms with E-state index in [-0.39, 0.29) is 0 Å². The van der Waals surface area contributed by atoms with Crippen molar-refractivity contribution in [1.29, 1.82) is 0 Å². The molecule has 1 aromatic rings. The maximum atomic E-state index is 5.76. The fourth-order valence-corrected chi connectivity index (χ4v) is 2.67. The van der Waals surface area contributed by atoms with Crippen LogP contribution < -0.4 is 0 Å². The normalized spacial score (nSPS) is 19.9. The Kier molecular flexibility index (Phi) is 5.73. The first kappa shape index (κ1) is 13.6. The summed E-state index contributed by atoms with van der Waals surface area (Å²) in [6.45, 7) is 3.14. The Labute approximate surface area is 112 Å². The van der Waals surface area contributed by atoms with Crippen molar-refractivity contribution in [2.75, 3.05) is 6.61 Å². The van der Waals surface area contributed by atoms with Crippen LogP contribution in [0, 0.1) is 6.92 Å². The minimum absolute atomic E-state index is 0.568. The van der Waals surface area contributed by atoms with Crippen molar-refractivity contribution >= 4 is 0 Å². The fraction of sp³-hybridized carbons (Fsp3) is 0.647.